The Bertz CT molecular complexity index is 1110. The van der Waals surface area contributed by atoms with Crippen LogP contribution in [0, 0.1) is 0 Å². The number of para-hydroxylation sites is 1. The second-order valence-electron chi connectivity index (χ2n) is 6.16. The van der Waals surface area contributed by atoms with E-state index in [1.54, 1.807) is 41.3 Å². The van der Waals surface area contributed by atoms with Crippen LogP contribution in [0.5, 0.6) is 5.75 Å². The van der Waals surface area contributed by atoms with E-state index < -0.39 is 0 Å². The highest BCUT2D eigenvalue weighted by Gasteiger charge is 2.32. The number of aliphatic imine (C=N–C) groups is 1. The number of nitrogens with zero attached hydrogens (tertiary/aromatic N) is 2. The quantitative estimate of drug-likeness (QED) is 0.522. The van der Waals surface area contributed by atoms with E-state index in [1.807, 2.05) is 42.5 Å². The molecule has 3 aromatic carbocycles. The van der Waals surface area contributed by atoms with Crippen LogP contribution in [0.3, 0.4) is 0 Å². The average Bonchev–Trinajstić information content (AvgIpc) is 3.02. The Morgan fingerprint density at radius 2 is 1.71 bits per heavy atom. The third-order valence-corrected chi connectivity index (χ3v) is 5.14. The molecule has 1 aliphatic heterocycles. The van der Waals surface area contributed by atoms with Gasteiger partial charge in [-0.25, -0.2) is 4.99 Å². The Labute approximate surface area is 175 Å². The lowest BCUT2D eigenvalue weighted by Crippen LogP contribution is -2.32. The fraction of sp³-hybridized carbons (Fsp3) is 0. The van der Waals surface area contributed by atoms with Gasteiger partial charge < -0.3 is 5.11 Å². The first-order chi connectivity index (χ1) is 13.5. The van der Waals surface area contributed by atoms with Gasteiger partial charge in [-0.15, -0.1) is 0 Å². The molecule has 4 nitrogen and oxygen atoms in total. The van der Waals surface area contributed by atoms with Crippen LogP contribution in [0.2, 0.25) is 5.02 Å². The Kier molecular flexibility index (Phi) is 5.03. The zero-order valence-electron chi connectivity index (χ0n) is 14.5. The van der Waals surface area contributed by atoms with Gasteiger partial charge >= 0.3 is 0 Å². The van der Waals surface area contributed by atoms with Crippen molar-refractivity contribution in [1.82, 2.24) is 0 Å². The van der Waals surface area contributed by atoms with Crippen LogP contribution in [-0.2, 0) is 4.79 Å². The summed E-state index contributed by atoms with van der Waals surface area (Å²) in [5, 5.41) is 10.3. The molecule has 0 aliphatic carbocycles. The minimum atomic E-state index is -0.222. The fourth-order valence-electron chi connectivity index (χ4n) is 2.90. The van der Waals surface area contributed by atoms with Crippen molar-refractivity contribution in [3.63, 3.8) is 0 Å². The number of benzene rings is 3. The molecule has 0 atom stereocenters. The first-order valence-electron chi connectivity index (χ1n) is 8.47. The second-order valence-corrected chi connectivity index (χ2v) is 7.45. The van der Waals surface area contributed by atoms with Crippen molar-refractivity contribution in [3.05, 3.63) is 99.1 Å². The summed E-state index contributed by atoms with van der Waals surface area (Å²) in [7, 11) is 0. The molecule has 0 radical (unpaired) electrons. The van der Waals surface area contributed by atoms with E-state index in [2.05, 4.69) is 20.9 Å². The molecule has 0 bridgehead atoms. The highest BCUT2D eigenvalue weighted by molar-refractivity contribution is 9.10. The maximum atomic E-state index is 13.2. The molecule has 28 heavy (non-hydrogen) atoms. The molecular weight excluding hydrogens is 440 g/mol. The van der Waals surface area contributed by atoms with Crippen LogP contribution >= 0.6 is 27.5 Å². The van der Waals surface area contributed by atoms with Gasteiger partial charge in [-0.3, -0.25) is 9.69 Å². The van der Waals surface area contributed by atoms with Gasteiger partial charge in [0.2, 0.25) is 0 Å². The van der Waals surface area contributed by atoms with Crippen molar-refractivity contribution in [2.75, 3.05) is 4.90 Å². The van der Waals surface area contributed by atoms with Gasteiger partial charge in [-0.05, 0) is 76.1 Å². The summed E-state index contributed by atoms with van der Waals surface area (Å²) in [4.78, 5) is 19.4. The third-order valence-electron chi connectivity index (χ3n) is 4.25. The number of hydrogen-bond acceptors (Lipinski definition) is 3. The molecule has 3 aromatic rings. The van der Waals surface area contributed by atoms with Gasteiger partial charge in [0.15, 0.2) is 0 Å². The van der Waals surface area contributed by atoms with Crippen molar-refractivity contribution >= 4 is 51.0 Å². The van der Waals surface area contributed by atoms with Gasteiger partial charge in [-0.2, -0.15) is 0 Å². The largest absolute Gasteiger partial charge is 0.507 e. The monoisotopic (exact) mass is 452 g/mol. The lowest BCUT2D eigenvalue weighted by atomic mass is 10.1. The SMILES string of the molecule is O=C1/C(=C/c2ccc(O)c(Br)c2)N=C(c2ccc(Cl)cc2)N1c1ccccc1. The highest BCUT2D eigenvalue weighted by atomic mass is 79.9. The molecule has 0 saturated carbocycles. The maximum absolute atomic E-state index is 13.2. The number of anilines is 1. The van der Waals surface area contributed by atoms with E-state index in [-0.39, 0.29) is 11.7 Å². The summed E-state index contributed by atoms with van der Waals surface area (Å²) in [6.07, 6.45) is 1.70. The predicted molar refractivity (Wildman–Crippen MR) is 116 cm³/mol. The van der Waals surface area contributed by atoms with E-state index in [4.69, 9.17) is 11.6 Å². The number of hydrogen-bond donors (Lipinski definition) is 1. The number of phenolic OH excluding ortho intramolecular Hbond substituents is 1. The van der Waals surface area contributed by atoms with Crippen LogP contribution in [-0.4, -0.2) is 16.8 Å². The van der Waals surface area contributed by atoms with Crippen LogP contribution in [0.1, 0.15) is 11.1 Å². The molecule has 0 spiro atoms. The number of amidine groups is 1. The molecule has 6 heteroatoms. The van der Waals surface area contributed by atoms with Crippen molar-refractivity contribution in [1.29, 1.82) is 0 Å². The lowest BCUT2D eigenvalue weighted by Gasteiger charge is -2.18. The van der Waals surface area contributed by atoms with Crippen molar-refractivity contribution in [2.24, 2.45) is 4.99 Å². The first-order valence-corrected chi connectivity index (χ1v) is 9.64. The minimum absolute atomic E-state index is 0.135. The topological polar surface area (TPSA) is 52.9 Å². The van der Waals surface area contributed by atoms with E-state index in [9.17, 15) is 9.90 Å². The first kappa shape index (κ1) is 18.5. The number of amides is 1. The Balaban J connectivity index is 1.82. The van der Waals surface area contributed by atoms with Gasteiger partial charge in [-0.1, -0.05) is 35.9 Å². The summed E-state index contributed by atoms with van der Waals surface area (Å²) >= 11 is 9.30. The van der Waals surface area contributed by atoms with Gasteiger partial charge in [0.1, 0.15) is 17.3 Å². The number of halogens is 2. The molecule has 1 heterocycles. The zero-order valence-corrected chi connectivity index (χ0v) is 16.9. The molecule has 0 aromatic heterocycles. The van der Waals surface area contributed by atoms with E-state index in [0.717, 1.165) is 16.8 Å². The van der Waals surface area contributed by atoms with Crippen LogP contribution in [0.25, 0.3) is 6.08 Å². The molecule has 0 unspecified atom stereocenters. The highest BCUT2D eigenvalue weighted by Crippen LogP contribution is 2.30. The van der Waals surface area contributed by atoms with Crippen LogP contribution in [0.4, 0.5) is 5.69 Å². The summed E-state index contributed by atoms with van der Waals surface area (Å²) in [6.45, 7) is 0. The normalized spacial score (nSPS) is 15.2. The van der Waals surface area contributed by atoms with E-state index in [1.165, 1.54) is 0 Å². The molecule has 1 amide bonds. The number of aromatic hydroxyl groups is 1. The third kappa shape index (κ3) is 3.59. The van der Waals surface area contributed by atoms with Gasteiger partial charge in [0, 0.05) is 10.6 Å². The number of rotatable bonds is 3. The standard InChI is InChI=1S/C22H14BrClN2O2/c23-18-12-14(6-11-20(18)27)13-19-22(28)26(17-4-2-1-3-5-17)21(25-19)15-7-9-16(24)10-8-15/h1-13,27H/b19-13-. The second kappa shape index (κ2) is 7.62. The Morgan fingerprint density at radius 3 is 2.39 bits per heavy atom. The molecular formula is C22H14BrClN2O2. The van der Waals surface area contributed by atoms with Crippen LogP contribution < -0.4 is 4.90 Å². The van der Waals surface area contributed by atoms with E-state index in [0.29, 0.717) is 21.0 Å². The molecule has 0 saturated heterocycles. The molecule has 1 N–H and O–H groups in total. The smallest absolute Gasteiger partial charge is 0.282 e. The van der Waals surface area contributed by atoms with Gasteiger partial charge in [0.05, 0.1) is 10.2 Å². The molecule has 1 aliphatic rings. The number of carbonyl (C=O) groups excluding carboxylic acids is 1. The molecule has 0 fully saturated rings. The summed E-state index contributed by atoms with van der Waals surface area (Å²) in [6, 6.07) is 21.6. The summed E-state index contributed by atoms with van der Waals surface area (Å²) < 4.78 is 0.550. The minimum Gasteiger partial charge on any atom is -0.507 e. The van der Waals surface area contributed by atoms with Crippen molar-refractivity contribution in [3.8, 4) is 5.75 Å². The van der Waals surface area contributed by atoms with Crippen LogP contribution in [0.15, 0.2) is 88.0 Å². The van der Waals surface area contributed by atoms with Crippen molar-refractivity contribution in [2.45, 2.75) is 0 Å². The zero-order chi connectivity index (χ0) is 19.7. The number of carbonyl (C=O) groups is 1. The van der Waals surface area contributed by atoms with Gasteiger partial charge in [0.25, 0.3) is 5.91 Å². The maximum Gasteiger partial charge on any atom is 0.282 e. The summed E-state index contributed by atoms with van der Waals surface area (Å²) in [5.41, 5.74) is 2.59. The fourth-order valence-corrected chi connectivity index (χ4v) is 3.42. The summed E-state index contributed by atoms with van der Waals surface area (Å²) in [5.74, 6) is 0.452. The number of phenols is 1. The van der Waals surface area contributed by atoms with E-state index >= 15 is 0 Å². The predicted octanol–water partition coefficient (Wildman–Crippen LogP) is 5.64. The average molecular weight is 454 g/mol. The Morgan fingerprint density at radius 1 is 1.00 bits per heavy atom. The molecule has 138 valence electrons. The Hall–Kier alpha value is -2.89. The lowest BCUT2D eigenvalue weighted by molar-refractivity contribution is -0.113. The van der Waals surface area contributed by atoms with Crippen molar-refractivity contribution < 1.29 is 9.90 Å². The molecule has 4 rings (SSSR count).